The molecule has 0 aliphatic carbocycles. The van der Waals surface area contributed by atoms with Gasteiger partial charge in [-0.3, -0.25) is 4.79 Å². The van der Waals surface area contributed by atoms with Crippen LogP contribution in [-0.2, 0) is 11.2 Å². The number of hydrogen-bond donors (Lipinski definition) is 0. The van der Waals surface area contributed by atoms with Gasteiger partial charge in [-0.15, -0.1) is 5.10 Å². The quantitative estimate of drug-likeness (QED) is 0.741. The predicted octanol–water partition coefficient (Wildman–Crippen LogP) is 2.37. The molecule has 3 rings (SSSR count). The second-order valence-electron chi connectivity index (χ2n) is 4.89. The molecule has 0 saturated heterocycles. The van der Waals surface area contributed by atoms with Crippen molar-refractivity contribution in [3.05, 3.63) is 47.7 Å². The third-order valence-corrected chi connectivity index (χ3v) is 3.00. The molecular formula is C15H13FN4O. The topological polar surface area (TPSA) is 60.2 Å². The maximum absolute atomic E-state index is 13.4. The van der Waals surface area contributed by atoms with Crippen molar-refractivity contribution in [1.82, 2.24) is 19.6 Å². The SMILES string of the molecule is CC(=O)Cc1cc2nc(C)nn2c(-c2cccc(F)c2)n1. The monoisotopic (exact) mass is 284 g/mol. The van der Waals surface area contributed by atoms with Crippen LogP contribution in [-0.4, -0.2) is 25.4 Å². The molecule has 3 aromatic rings. The van der Waals surface area contributed by atoms with Crippen LogP contribution in [0.4, 0.5) is 4.39 Å². The van der Waals surface area contributed by atoms with Gasteiger partial charge in [-0.25, -0.2) is 14.4 Å². The largest absolute Gasteiger partial charge is 0.300 e. The van der Waals surface area contributed by atoms with E-state index in [4.69, 9.17) is 0 Å². The Hall–Kier alpha value is -2.63. The van der Waals surface area contributed by atoms with E-state index in [9.17, 15) is 9.18 Å². The van der Waals surface area contributed by atoms with E-state index in [1.54, 1.807) is 29.6 Å². The number of rotatable bonds is 3. The number of aryl methyl sites for hydroxylation is 1. The van der Waals surface area contributed by atoms with E-state index in [1.807, 2.05) is 0 Å². The zero-order valence-corrected chi connectivity index (χ0v) is 11.7. The molecular weight excluding hydrogens is 271 g/mol. The fourth-order valence-electron chi connectivity index (χ4n) is 2.21. The summed E-state index contributed by atoms with van der Waals surface area (Å²) < 4.78 is 15.0. The molecule has 0 atom stereocenters. The highest BCUT2D eigenvalue weighted by Crippen LogP contribution is 2.20. The van der Waals surface area contributed by atoms with Gasteiger partial charge < -0.3 is 0 Å². The van der Waals surface area contributed by atoms with Crippen LogP contribution in [0, 0.1) is 12.7 Å². The normalized spacial score (nSPS) is 11.0. The van der Waals surface area contributed by atoms with Gasteiger partial charge in [-0.05, 0) is 26.0 Å². The molecule has 1 aromatic carbocycles. The number of fused-ring (bicyclic) bond motifs is 1. The van der Waals surface area contributed by atoms with E-state index >= 15 is 0 Å². The second-order valence-corrected chi connectivity index (χ2v) is 4.89. The molecule has 0 saturated carbocycles. The van der Waals surface area contributed by atoms with E-state index in [0.717, 1.165) is 0 Å². The summed E-state index contributed by atoms with van der Waals surface area (Å²) in [7, 11) is 0. The third kappa shape index (κ3) is 2.65. The molecule has 0 fully saturated rings. The van der Waals surface area contributed by atoms with Gasteiger partial charge >= 0.3 is 0 Å². The molecule has 0 spiro atoms. The molecule has 2 heterocycles. The number of halogens is 1. The zero-order chi connectivity index (χ0) is 15.0. The summed E-state index contributed by atoms with van der Waals surface area (Å²) in [6.07, 6.45) is 0.213. The average molecular weight is 284 g/mol. The fourth-order valence-corrected chi connectivity index (χ4v) is 2.21. The Balaban J connectivity index is 2.25. The lowest BCUT2D eigenvalue weighted by Gasteiger charge is -2.06. The molecule has 0 radical (unpaired) electrons. The van der Waals surface area contributed by atoms with Crippen LogP contribution < -0.4 is 0 Å². The number of ketones is 1. The number of hydrogen-bond acceptors (Lipinski definition) is 4. The molecule has 5 nitrogen and oxygen atoms in total. The van der Waals surface area contributed by atoms with Crippen LogP contribution in [0.2, 0.25) is 0 Å². The first-order valence-corrected chi connectivity index (χ1v) is 6.51. The molecule has 0 unspecified atom stereocenters. The first-order valence-electron chi connectivity index (χ1n) is 6.51. The van der Waals surface area contributed by atoms with Crippen LogP contribution in [0.1, 0.15) is 18.4 Å². The average Bonchev–Trinajstić information content (AvgIpc) is 2.77. The van der Waals surface area contributed by atoms with E-state index in [0.29, 0.717) is 28.6 Å². The lowest BCUT2D eigenvalue weighted by Crippen LogP contribution is -2.05. The van der Waals surface area contributed by atoms with Crippen LogP contribution in [0.3, 0.4) is 0 Å². The fraction of sp³-hybridized carbons (Fsp3) is 0.200. The standard InChI is InChI=1S/C15H13FN4O/c1-9(21)6-13-8-14-17-10(2)19-20(14)15(18-13)11-4-3-5-12(16)7-11/h3-5,7-8H,6H2,1-2H3. The molecule has 0 amide bonds. The Morgan fingerprint density at radius 2 is 2.10 bits per heavy atom. The summed E-state index contributed by atoms with van der Waals surface area (Å²) in [5.74, 6) is 0.725. The Labute approximate surface area is 120 Å². The van der Waals surface area contributed by atoms with Crippen LogP contribution in [0.25, 0.3) is 17.0 Å². The second kappa shape index (κ2) is 5.05. The zero-order valence-electron chi connectivity index (χ0n) is 11.7. The smallest absolute Gasteiger partial charge is 0.163 e. The van der Waals surface area contributed by atoms with Gasteiger partial charge in [0.1, 0.15) is 17.4 Å². The summed E-state index contributed by atoms with van der Waals surface area (Å²) in [6, 6.07) is 7.84. The van der Waals surface area contributed by atoms with Gasteiger partial charge in [-0.1, -0.05) is 12.1 Å². The van der Waals surface area contributed by atoms with Crippen molar-refractivity contribution >= 4 is 11.4 Å². The summed E-state index contributed by atoms with van der Waals surface area (Å²) in [4.78, 5) is 20.0. The van der Waals surface area contributed by atoms with Crippen molar-refractivity contribution in [2.45, 2.75) is 20.3 Å². The number of aromatic nitrogens is 4. The number of carbonyl (C=O) groups excluding carboxylic acids is 1. The number of nitrogens with zero attached hydrogens (tertiary/aromatic N) is 4. The minimum absolute atomic E-state index is 0.00767. The predicted molar refractivity (Wildman–Crippen MR) is 75.3 cm³/mol. The summed E-state index contributed by atoms with van der Waals surface area (Å²) >= 11 is 0. The Morgan fingerprint density at radius 3 is 2.81 bits per heavy atom. The van der Waals surface area contributed by atoms with Crippen molar-refractivity contribution in [2.75, 3.05) is 0 Å². The molecule has 0 bridgehead atoms. The number of benzene rings is 1. The first kappa shape index (κ1) is 13.4. The third-order valence-electron chi connectivity index (χ3n) is 3.00. The van der Waals surface area contributed by atoms with E-state index < -0.39 is 0 Å². The molecule has 6 heteroatoms. The Kier molecular flexibility index (Phi) is 3.21. The highest BCUT2D eigenvalue weighted by molar-refractivity contribution is 5.78. The summed E-state index contributed by atoms with van der Waals surface area (Å²) in [5.41, 5.74) is 1.79. The van der Waals surface area contributed by atoms with Crippen molar-refractivity contribution < 1.29 is 9.18 Å². The van der Waals surface area contributed by atoms with E-state index in [2.05, 4.69) is 15.1 Å². The van der Waals surface area contributed by atoms with Gasteiger partial charge in [-0.2, -0.15) is 4.52 Å². The summed E-state index contributed by atoms with van der Waals surface area (Å²) in [6.45, 7) is 3.27. The van der Waals surface area contributed by atoms with Crippen LogP contribution in [0.15, 0.2) is 30.3 Å². The first-order chi connectivity index (χ1) is 10.0. The molecule has 106 valence electrons. The number of carbonyl (C=O) groups is 1. The highest BCUT2D eigenvalue weighted by Gasteiger charge is 2.13. The maximum atomic E-state index is 13.4. The molecule has 2 aromatic heterocycles. The lowest BCUT2D eigenvalue weighted by atomic mass is 10.2. The molecule has 0 aliphatic rings. The van der Waals surface area contributed by atoms with E-state index in [1.165, 1.54) is 19.1 Å². The lowest BCUT2D eigenvalue weighted by molar-refractivity contribution is -0.116. The molecule has 0 aliphatic heterocycles. The van der Waals surface area contributed by atoms with Crippen LogP contribution in [0.5, 0.6) is 0 Å². The number of Topliss-reactive ketones (excluding diaryl/α,β-unsaturated/α-hetero) is 1. The van der Waals surface area contributed by atoms with Crippen molar-refractivity contribution in [3.63, 3.8) is 0 Å². The van der Waals surface area contributed by atoms with Gasteiger partial charge in [0.25, 0.3) is 0 Å². The van der Waals surface area contributed by atoms with Gasteiger partial charge in [0, 0.05) is 18.1 Å². The summed E-state index contributed by atoms with van der Waals surface area (Å²) in [5, 5.41) is 4.28. The van der Waals surface area contributed by atoms with Crippen molar-refractivity contribution in [2.24, 2.45) is 0 Å². The van der Waals surface area contributed by atoms with Gasteiger partial charge in [0.2, 0.25) is 0 Å². The van der Waals surface area contributed by atoms with Crippen molar-refractivity contribution in [3.8, 4) is 11.4 Å². The molecule has 0 N–H and O–H groups in total. The van der Waals surface area contributed by atoms with Crippen LogP contribution >= 0.6 is 0 Å². The van der Waals surface area contributed by atoms with Crippen molar-refractivity contribution in [1.29, 1.82) is 0 Å². The minimum Gasteiger partial charge on any atom is -0.300 e. The van der Waals surface area contributed by atoms with Gasteiger partial charge in [0.15, 0.2) is 11.5 Å². The maximum Gasteiger partial charge on any atom is 0.163 e. The van der Waals surface area contributed by atoms with E-state index in [-0.39, 0.29) is 18.0 Å². The Morgan fingerprint density at radius 1 is 1.29 bits per heavy atom. The Bertz CT molecular complexity index is 841. The van der Waals surface area contributed by atoms with Gasteiger partial charge in [0.05, 0.1) is 5.69 Å². The minimum atomic E-state index is -0.351. The molecule has 21 heavy (non-hydrogen) atoms. The highest BCUT2D eigenvalue weighted by atomic mass is 19.1.